The molecule has 0 fully saturated rings. The molecule has 0 saturated carbocycles. The van der Waals surface area contributed by atoms with Crippen molar-refractivity contribution in [1.29, 1.82) is 15.8 Å². The van der Waals surface area contributed by atoms with Crippen LogP contribution >= 0.6 is 0 Å². The lowest BCUT2D eigenvalue weighted by Crippen LogP contribution is -1.96. The number of para-hydroxylation sites is 1. The number of nitriles is 3. The number of pyridine rings is 1. The summed E-state index contributed by atoms with van der Waals surface area (Å²) >= 11 is 0. The molecule has 6 rings (SSSR count). The average molecular weight is 472 g/mol. The lowest BCUT2D eigenvalue weighted by atomic mass is 9.97. The molecule has 0 spiro atoms. The topological polar surface area (TPSA) is 89.2 Å². The summed E-state index contributed by atoms with van der Waals surface area (Å²) in [4.78, 5) is 4.12. The van der Waals surface area contributed by atoms with Crippen molar-refractivity contribution < 1.29 is 0 Å². The van der Waals surface area contributed by atoms with E-state index in [0.29, 0.717) is 16.7 Å². The second-order valence-corrected chi connectivity index (χ2v) is 8.68. The van der Waals surface area contributed by atoms with E-state index in [9.17, 15) is 15.8 Å². The molecule has 0 aliphatic heterocycles. The van der Waals surface area contributed by atoms with Gasteiger partial charge in [0.15, 0.2) is 0 Å². The van der Waals surface area contributed by atoms with Crippen LogP contribution in [0.1, 0.15) is 16.7 Å². The van der Waals surface area contributed by atoms with Crippen LogP contribution in [0.25, 0.3) is 49.7 Å². The highest BCUT2D eigenvalue weighted by molar-refractivity contribution is 6.10. The molecule has 6 aromatic rings. The van der Waals surface area contributed by atoms with Gasteiger partial charge in [-0.1, -0.05) is 30.3 Å². The van der Waals surface area contributed by atoms with Gasteiger partial charge in [0.05, 0.1) is 45.9 Å². The van der Waals surface area contributed by atoms with Gasteiger partial charge in [-0.3, -0.25) is 4.98 Å². The van der Waals surface area contributed by atoms with Gasteiger partial charge in [-0.15, -0.1) is 0 Å². The molecule has 0 amide bonds. The minimum Gasteiger partial charge on any atom is -0.309 e. The van der Waals surface area contributed by atoms with E-state index >= 15 is 0 Å². The molecule has 0 saturated heterocycles. The van der Waals surface area contributed by atoms with Gasteiger partial charge in [-0.25, -0.2) is 0 Å². The largest absolute Gasteiger partial charge is 0.309 e. The summed E-state index contributed by atoms with van der Waals surface area (Å²) in [5, 5.41) is 30.8. The van der Waals surface area contributed by atoms with Crippen molar-refractivity contribution in [2.24, 2.45) is 0 Å². The van der Waals surface area contributed by atoms with Gasteiger partial charge in [0.2, 0.25) is 0 Å². The summed E-state index contributed by atoms with van der Waals surface area (Å²) in [5.41, 5.74) is 8.01. The molecule has 0 unspecified atom stereocenters. The SMILES string of the molecule is N#Cc1cc(-c2ccncc2)cc(-n2c3ccccc3c3cc(-c4ccc(C#N)cc4C#N)ccc32)c1. The van der Waals surface area contributed by atoms with Crippen LogP contribution in [-0.2, 0) is 0 Å². The van der Waals surface area contributed by atoms with Crippen molar-refractivity contribution in [3.63, 3.8) is 0 Å². The van der Waals surface area contributed by atoms with Crippen molar-refractivity contribution >= 4 is 21.8 Å². The number of hydrogen-bond acceptors (Lipinski definition) is 4. The predicted octanol–water partition coefficient (Wildman–Crippen LogP) is 7.13. The van der Waals surface area contributed by atoms with Crippen LogP contribution in [0.15, 0.2) is 103 Å². The molecule has 0 aliphatic rings. The van der Waals surface area contributed by atoms with E-state index < -0.39 is 0 Å². The molecule has 2 heterocycles. The molecule has 170 valence electrons. The molecule has 0 bridgehead atoms. The van der Waals surface area contributed by atoms with Gasteiger partial charge in [0.25, 0.3) is 0 Å². The zero-order chi connectivity index (χ0) is 25.4. The summed E-state index contributed by atoms with van der Waals surface area (Å²) in [6, 6.07) is 35.9. The first-order chi connectivity index (χ1) is 18.2. The number of aromatic nitrogens is 2. The standard InChI is InChI=1S/C32H17N5/c33-18-21-5-7-28(26(13-21)20-35)24-6-8-32-30(17-24)29-3-1-2-4-31(29)37(32)27-15-22(19-34)14-25(16-27)23-9-11-36-12-10-23/h1-17H. The summed E-state index contributed by atoms with van der Waals surface area (Å²) in [5.74, 6) is 0. The minimum absolute atomic E-state index is 0.459. The van der Waals surface area contributed by atoms with Crippen LogP contribution in [-0.4, -0.2) is 9.55 Å². The maximum Gasteiger partial charge on any atom is 0.0998 e. The maximum absolute atomic E-state index is 9.79. The van der Waals surface area contributed by atoms with Gasteiger partial charge in [-0.05, 0) is 82.9 Å². The van der Waals surface area contributed by atoms with Crippen LogP contribution in [0.4, 0.5) is 0 Å². The van der Waals surface area contributed by atoms with E-state index in [0.717, 1.165) is 49.7 Å². The molecule has 5 heteroatoms. The van der Waals surface area contributed by atoms with Gasteiger partial charge < -0.3 is 4.57 Å². The van der Waals surface area contributed by atoms with E-state index in [-0.39, 0.29) is 0 Å². The summed E-state index contributed by atoms with van der Waals surface area (Å²) in [6.07, 6.45) is 3.49. The second kappa shape index (κ2) is 8.82. The number of nitrogens with zero attached hydrogens (tertiary/aromatic N) is 5. The molecule has 2 aromatic heterocycles. The first kappa shape index (κ1) is 21.8. The quantitative estimate of drug-likeness (QED) is 0.275. The highest BCUT2D eigenvalue weighted by atomic mass is 15.0. The molecule has 5 nitrogen and oxygen atoms in total. The van der Waals surface area contributed by atoms with E-state index in [1.165, 1.54) is 0 Å². The smallest absolute Gasteiger partial charge is 0.0998 e. The third kappa shape index (κ3) is 3.67. The third-order valence-corrected chi connectivity index (χ3v) is 6.57. The number of benzene rings is 4. The lowest BCUT2D eigenvalue weighted by molar-refractivity contribution is 1.18. The molecule has 37 heavy (non-hydrogen) atoms. The van der Waals surface area contributed by atoms with Gasteiger partial charge in [0, 0.05) is 28.9 Å². The first-order valence-corrected chi connectivity index (χ1v) is 11.6. The monoisotopic (exact) mass is 471 g/mol. The van der Waals surface area contributed by atoms with Crippen LogP contribution in [0, 0.1) is 34.0 Å². The highest BCUT2D eigenvalue weighted by Crippen LogP contribution is 2.36. The zero-order valence-corrected chi connectivity index (χ0v) is 19.6. The Hall–Kier alpha value is -5.70. The Labute approximate surface area is 213 Å². The fourth-order valence-corrected chi connectivity index (χ4v) is 4.89. The van der Waals surface area contributed by atoms with E-state index in [4.69, 9.17) is 0 Å². The lowest BCUT2D eigenvalue weighted by Gasteiger charge is -2.12. The molecule has 0 N–H and O–H groups in total. The fourth-order valence-electron chi connectivity index (χ4n) is 4.89. The summed E-state index contributed by atoms with van der Waals surface area (Å²) < 4.78 is 2.17. The Kier molecular flexibility index (Phi) is 5.20. The Morgan fingerprint density at radius 1 is 0.568 bits per heavy atom. The maximum atomic E-state index is 9.79. The average Bonchev–Trinajstić information content (AvgIpc) is 3.30. The Morgan fingerprint density at radius 3 is 2.14 bits per heavy atom. The first-order valence-electron chi connectivity index (χ1n) is 11.6. The summed E-state index contributed by atoms with van der Waals surface area (Å²) in [7, 11) is 0. The van der Waals surface area contributed by atoms with E-state index in [1.54, 1.807) is 24.5 Å². The molecular weight excluding hydrogens is 454 g/mol. The Bertz CT molecular complexity index is 1960. The Morgan fingerprint density at radius 2 is 1.35 bits per heavy atom. The fraction of sp³-hybridized carbons (Fsp3) is 0. The number of rotatable bonds is 3. The molecule has 4 aromatic carbocycles. The van der Waals surface area contributed by atoms with E-state index in [2.05, 4.69) is 58.1 Å². The van der Waals surface area contributed by atoms with E-state index in [1.807, 2.05) is 48.5 Å². The van der Waals surface area contributed by atoms with Crippen LogP contribution < -0.4 is 0 Å². The van der Waals surface area contributed by atoms with Gasteiger partial charge in [-0.2, -0.15) is 15.8 Å². The molecule has 0 radical (unpaired) electrons. The van der Waals surface area contributed by atoms with Gasteiger partial charge >= 0.3 is 0 Å². The van der Waals surface area contributed by atoms with Crippen molar-refractivity contribution in [1.82, 2.24) is 9.55 Å². The number of hydrogen-bond donors (Lipinski definition) is 0. The van der Waals surface area contributed by atoms with Crippen molar-refractivity contribution in [3.8, 4) is 46.1 Å². The normalized spacial score (nSPS) is 10.6. The highest BCUT2D eigenvalue weighted by Gasteiger charge is 2.16. The predicted molar refractivity (Wildman–Crippen MR) is 144 cm³/mol. The van der Waals surface area contributed by atoms with Crippen molar-refractivity contribution in [2.45, 2.75) is 0 Å². The third-order valence-electron chi connectivity index (χ3n) is 6.57. The van der Waals surface area contributed by atoms with Gasteiger partial charge in [0.1, 0.15) is 0 Å². The van der Waals surface area contributed by atoms with Crippen molar-refractivity contribution in [3.05, 3.63) is 120 Å². The van der Waals surface area contributed by atoms with Crippen LogP contribution in [0.3, 0.4) is 0 Å². The number of fused-ring (bicyclic) bond motifs is 3. The van der Waals surface area contributed by atoms with Crippen molar-refractivity contribution in [2.75, 3.05) is 0 Å². The molecule has 0 atom stereocenters. The second-order valence-electron chi connectivity index (χ2n) is 8.68. The summed E-state index contributed by atoms with van der Waals surface area (Å²) in [6.45, 7) is 0. The van der Waals surface area contributed by atoms with Crippen LogP contribution in [0.2, 0.25) is 0 Å². The Balaban J connectivity index is 1.62. The zero-order valence-electron chi connectivity index (χ0n) is 19.6. The minimum atomic E-state index is 0.459. The molecular formula is C32H17N5. The molecule has 0 aliphatic carbocycles. The van der Waals surface area contributed by atoms with Crippen LogP contribution in [0.5, 0.6) is 0 Å².